The van der Waals surface area contributed by atoms with Gasteiger partial charge in [0.2, 0.25) is 0 Å². The lowest BCUT2D eigenvalue weighted by Gasteiger charge is -2.14. The van der Waals surface area contributed by atoms with Crippen LogP contribution in [0.2, 0.25) is 0 Å². The van der Waals surface area contributed by atoms with Crippen molar-refractivity contribution in [2.75, 3.05) is 18.6 Å². The molecule has 0 aliphatic rings. The van der Waals surface area contributed by atoms with Gasteiger partial charge in [-0.3, -0.25) is 0 Å². The van der Waals surface area contributed by atoms with Crippen molar-refractivity contribution in [1.29, 1.82) is 0 Å². The number of nitrogens with one attached hydrogen (secondary N) is 1. The van der Waals surface area contributed by atoms with Crippen LogP contribution >= 0.6 is 11.8 Å². The highest BCUT2D eigenvalue weighted by molar-refractivity contribution is 7.98. The quantitative estimate of drug-likeness (QED) is 0.669. The van der Waals surface area contributed by atoms with E-state index in [1.165, 1.54) is 37.1 Å². The minimum atomic E-state index is -0.787. The summed E-state index contributed by atoms with van der Waals surface area (Å²) in [6.45, 7) is 2.89. The fraction of sp³-hybridized carbons (Fsp3) is 0.600. The van der Waals surface area contributed by atoms with E-state index in [9.17, 15) is 8.78 Å². The smallest absolute Gasteiger partial charge is 0.159 e. The Balaban J connectivity index is 2.20. The normalized spacial score (nSPS) is 12.6. The van der Waals surface area contributed by atoms with Crippen LogP contribution in [0.3, 0.4) is 0 Å². The van der Waals surface area contributed by atoms with Gasteiger partial charge in [0.25, 0.3) is 0 Å². The molecule has 4 heteroatoms. The summed E-state index contributed by atoms with van der Waals surface area (Å²) in [4.78, 5) is 0. The van der Waals surface area contributed by atoms with Gasteiger partial charge < -0.3 is 5.32 Å². The molecule has 0 spiro atoms. The van der Waals surface area contributed by atoms with Gasteiger partial charge in [-0.05, 0) is 56.0 Å². The van der Waals surface area contributed by atoms with Crippen molar-refractivity contribution in [3.63, 3.8) is 0 Å². The molecule has 0 aliphatic heterocycles. The molecule has 0 saturated heterocycles. The molecular weight excluding hydrogens is 264 g/mol. The summed E-state index contributed by atoms with van der Waals surface area (Å²) in [6.07, 6.45) is 7.02. The number of benzene rings is 1. The second kappa shape index (κ2) is 9.32. The Morgan fingerprint density at radius 2 is 1.84 bits per heavy atom. The van der Waals surface area contributed by atoms with Crippen LogP contribution < -0.4 is 5.32 Å². The van der Waals surface area contributed by atoms with E-state index in [0.29, 0.717) is 0 Å². The summed E-state index contributed by atoms with van der Waals surface area (Å²) in [5.41, 5.74) is 0.793. The first-order chi connectivity index (χ1) is 9.15. The summed E-state index contributed by atoms with van der Waals surface area (Å²) >= 11 is 1.89. The van der Waals surface area contributed by atoms with E-state index in [1.807, 2.05) is 18.7 Å². The number of thioether (sulfide) groups is 1. The Kier molecular flexibility index (Phi) is 8.07. The first kappa shape index (κ1) is 16.4. The number of hydrogen-bond donors (Lipinski definition) is 1. The number of unbranched alkanes of at least 4 members (excludes halogenated alkanes) is 3. The van der Waals surface area contributed by atoms with Gasteiger partial charge in [-0.25, -0.2) is 8.78 Å². The van der Waals surface area contributed by atoms with Gasteiger partial charge in [0, 0.05) is 6.04 Å². The van der Waals surface area contributed by atoms with Gasteiger partial charge >= 0.3 is 0 Å². The van der Waals surface area contributed by atoms with E-state index in [4.69, 9.17) is 0 Å². The molecule has 0 bridgehead atoms. The largest absolute Gasteiger partial charge is 0.310 e. The molecule has 0 aliphatic carbocycles. The maximum atomic E-state index is 13.1. The first-order valence-electron chi connectivity index (χ1n) is 6.82. The predicted octanol–water partition coefficient (Wildman–Crippen LogP) is 4.54. The minimum Gasteiger partial charge on any atom is -0.310 e. The second-order valence-corrected chi connectivity index (χ2v) is 5.74. The zero-order chi connectivity index (χ0) is 14.1. The molecule has 1 rings (SSSR count). The average Bonchev–Trinajstić information content (AvgIpc) is 2.40. The average molecular weight is 287 g/mol. The topological polar surface area (TPSA) is 12.0 Å². The van der Waals surface area contributed by atoms with Gasteiger partial charge in [-0.1, -0.05) is 18.9 Å². The van der Waals surface area contributed by atoms with Crippen LogP contribution in [-0.2, 0) is 0 Å². The highest BCUT2D eigenvalue weighted by atomic mass is 32.2. The zero-order valence-corrected chi connectivity index (χ0v) is 12.5. The molecule has 108 valence electrons. The van der Waals surface area contributed by atoms with Gasteiger partial charge in [0.15, 0.2) is 11.6 Å². The van der Waals surface area contributed by atoms with E-state index in [2.05, 4.69) is 11.6 Å². The van der Waals surface area contributed by atoms with Gasteiger partial charge in [0.05, 0.1) is 0 Å². The molecule has 19 heavy (non-hydrogen) atoms. The molecule has 0 amide bonds. The van der Waals surface area contributed by atoms with Crippen molar-refractivity contribution in [2.45, 2.75) is 38.6 Å². The van der Waals surface area contributed by atoms with E-state index < -0.39 is 11.6 Å². The number of rotatable bonds is 9. The van der Waals surface area contributed by atoms with Crippen molar-refractivity contribution in [3.05, 3.63) is 35.4 Å². The lowest BCUT2D eigenvalue weighted by Crippen LogP contribution is -2.20. The van der Waals surface area contributed by atoms with Gasteiger partial charge in [-0.2, -0.15) is 11.8 Å². The highest BCUT2D eigenvalue weighted by Crippen LogP contribution is 2.16. The molecule has 1 nitrogen and oxygen atoms in total. The van der Waals surface area contributed by atoms with Crippen LogP contribution in [0, 0.1) is 11.6 Å². The van der Waals surface area contributed by atoms with Crippen molar-refractivity contribution in [1.82, 2.24) is 5.32 Å². The third kappa shape index (κ3) is 6.39. The van der Waals surface area contributed by atoms with E-state index in [-0.39, 0.29) is 6.04 Å². The third-order valence-corrected chi connectivity index (χ3v) is 3.87. The van der Waals surface area contributed by atoms with E-state index >= 15 is 0 Å². The molecule has 1 atom stereocenters. The minimum absolute atomic E-state index is 0.0568. The molecule has 0 saturated carbocycles. The summed E-state index contributed by atoms with van der Waals surface area (Å²) in [5.74, 6) is -0.327. The van der Waals surface area contributed by atoms with Crippen LogP contribution in [0.5, 0.6) is 0 Å². The van der Waals surface area contributed by atoms with Crippen molar-refractivity contribution >= 4 is 11.8 Å². The van der Waals surface area contributed by atoms with Crippen LogP contribution in [0.4, 0.5) is 8.78 Å². The van der Waals surface area contributed by atoms with E-state index in [1.54, 1.807) is 6.07 Å². The second-order valence-electron chi connectivity index (χ2n) is 4.76. The molecule has 0 fully saturated rings. The number of halogens is 2. The Morgan fingerprint density at radius 1 is 1.11 bits per heavy atom. The summed E-state index contributed by atoms with van der Waals surface area (Å²) in [7, 11) is 0. The fourth-order valence-corrected chi connectivity index (χ4v) is 2.44. The maximum Gasteiger partial charge on any atom is 0.159 e. The summed E-state index contributed by atoms with van der Waals surface area (Å²) < 4.78 is 25.9. The summed E-state index contributed by atoms with van der Waals surface area (Å²) in [6, 6.07) is 4.15. The predicted molar refractivity (Wildman–Crippen MR) is 79.6 cm³/mol. The molecule has 0 radical (unpaired) electrons. The summed E-state index contributed by atoms with van der Waals surface area (Å²) in [5, 5.41) is 3.34. The lowest BCUT2D eigenvalue weighted by molar-refractivity contribution is 0.498. The number of hydrogen-bond acceptors (Lipinski definition) is 2. The van der Waals surface area contributed by atoms with Gasteiger partial charge in [0.1, 0.15) is 0 Å². The van der Waals surface area contributed by atoms with Crippen molar-refractivity contribution < 1.29 is 8.78 Å². The molecule has 0 heterocycles. The van der Waals surface area contributed by atoms with Crippen LogP contribution in [0.1, 0.15) is 44.2 Å². The molecule has 1 unspecified atom stereocenters. The third-order valence-electron chi connectivity index (χ3n) is 3.17. The Morgan fingerprint density at radius 3 is 2.53 bits per heavy atom. The van der Waals surface area contributed by atoms with Gasteiger partial charge in [-0.15, -0.1) is 0 Å². The zero-order valence-electron chi connectivity index (χ0n) is 11.7. The lowest BCUT2D eigenvalue weighted by atomic mass is 10.1. The molecule has 1 aromatic carbocycles. The molecular formula is C15H23F2NS. The van der Waals surface area contributed by atoms with Crippen LogP contribution in [0.25, 0.3) is 0 Å². The molecule has 0 aromatic heterocycles. The molecule has 1 N–H and O–H groups in total. The van der Waals surface area contributed by atoms with Crippen molar-refractivity contribution in [2.24, 2.45) is 0 Å². The monoisotopic (exact) mass is 287 g/mol. The van der Waals surface area contributed by atoms with E-state index in [0.717, 1.165) is 18.5 Å². The Labute approximate surface area is 119 Å². The first-order valence-corrected chi connectivity index (χ1v) is 8.22. The Hall–Kier alpha value is -0.610. The molecule has 1 aromatic rings. The van der Waals surface area contributed by atoms with Crippen LogP contribution in [0.15, 0.2) is 18.2 Å². The fourth-order valence-electron chi connectivity index (χ4n) is 1.94. The highest BCUT2D eigenvalue weighted by Gasteiger charge is 2.08. The van der Waals surface area contributed by atoms with Crippen molar-refractivity contribution in [3.8, 4) is 0 Å². The van der Waals surface area contributed by atoms with Crippen LogP contribution in [-0.4, -0.2) is 18.6 Å². The Bertz CT molecular complexity index is 371. The maximum absolute atomic E-state index is 13.1. The SMILES string of the molecule is CSCCCCCCNC(C)c1ccc(F)c(F)c1. The standard InChI is InChI=1S/C15H23F2NS/c1-12(13-7-8-14(16)15(17)11-13)18-9-5-3-4-6-10-19-2/h7-8,11-12,18H,3-6,9-10H2,1-2H3.